The normalized spacial score (nSPS) is 18.6. The van der Waals surface area contributed by atoms with Crippen molar-refractivity contribution >= 4 is 22.7 Å². The first-order valence-corrected chi connectivity index (χ1v) is 7.12. The summed E-state index contributed by atoms with van der Waals surface area (Å²) >= 11 is 0. The zero-order valence-electron chi connectivity index (χ0n) is 12.3. The minimum Gasteiger partial charge on any atom is -0.480 e. The van der Waals surface area contributed by atoms with E-state index in [0.29, 0.717) is 24.8 Å². The average Bonchev–Trinajstić information content (AvgIpc) is 2.94. The SMILES string of the molecule is Cc1ccc2nc(C(F)(F)F)nc(N3CCCC3C(=O)O)c2c1. The standard InChI is InChI=1S/C15H14F3N3O2/c1-8-4-5-10-9(7-8)12(20-14(19-10)15(16,17)18)21-6-2-3-11(21)13(22)23/h4-5,7,11H,2-3,6H2,1H3,(H,22,23). The molecule has 0 amide bonds. The molecule has 1 aromatic heterocycles. The number of alkyl halides is 3. The molecule has 2 aromatic rings. The van der Waals surface area contributed by atoms with Crippen LogP contribution >= 0.6 is 0 Å². The molecule has 2 heterocycles. The zero-order chi connectivity index (χ0) is 16.8. The topological polar surface area (TPSA) is 66.3 Å². The minimum absolute atomic E-state index is 0.0379. The van der Waals surface area contributed by atoms with Gasteiger partial charge in [-0.3, -0.25) is 0 Å². The molecule has 23 heavy (non-hydrogen) atoms. The van der Waals surface area contributed by atoms with E-state index in [1.54, 1.807) is 19.1 Å². The number of nitrogens with zero attached hydrogens (tertiary/aromatic N) is 3. The van der Waals surface area contributed by atoms with Gasteiger partial charge in [-0.15, -0.1) is 0 Å². The molecule has 0 aliphatic carbocycles. The van der Waals surface area contributed by atoms with Gasteiger partial charge in [0.15, 0.2) is 0 Å². The van der Waals surface area contributed by atoms with Gasteiger partial charge >= 0.3 is 12.1 Å². The minimum atomic E-state index is -4.69. The number of carboxylic acids is 1. The molecule has 0 radical (unpaired) electrons. The second-order valence-corrected chi connectivity index (χ2v) is 5.58. The highest BCUT2D eigenvalue weighted by molar-refractivity contribution is 5.92. The maximum atomic E-state index is 13.1. The van der Waals surface area contributed by atoms with Gasteiger partial charge in [-0.2, -0.15) is 13.2 Å². The third-order valence-electron chi connectivity index (χ3n) is 3.89. The monoisotopic (exact) mass is 325 g/mol. The van der Waals surface area contributed by atoms with E-state index < -0.39 is 24.0 Å². The summed E-state index contributed by atoms with van der Waals surface area (Å²) in [6.07, 6.45) is -3.71. The molecule has 5 nitrogen and oxygen atoms in total. The fourth-order valence-corrected chi connectivity index (χ4v) is 2.85. The Bertz CT molecular complexity index is 776. The summed E-state index contributed by atoms with van der Waals surface area (Å²) in [7, 11) is 0. The Balaban J connectivity index is 2.24. The van der Waals surface area contributed by atoms with Gasteiger partial charge in [0.2, 0.25) is 5.82 Å². The van der Waals surface area contributed by atoms with E-state index in [1.807, 2.05) is 0 Å². The summed E-state index contributed by atoms with van der Waals surface area (Å²) in [6.45, 7) is 2.16. The van der Waals surface area contributed by atoms with Crippen molar-refractivity contribution in [2.75, 3.05) is 11.4 Å². The van der Waals surface area contributed by atoms with Gasteiger partial charge in [0.1, 0.15) is 11.9 Å². The van der Waals surface area contributed by atoms with Gasteiger partial charge in [0.05, 0.1) is 5.52 Å². The predicted octanol–water partition coefficient (Wildman–Crippen LogP) is 3.01. The number of carbonyl (C=O) groups is 1. The third kappa shape index (κ3) is 2.80. The van der Waals surface area contributed by atoms with Crippen LogP contribution in [0.3, 0.4) is 0 Å². The lowest BCUT2D eigenvalue weighted by atomic mass is 10.1. The van der Waals surface area contributed by atoms with Gasteiger partial charge in [0.25, 0.3) is 0 Å². The Labute approximate surface area is 129 Å². The summed E-state index contributed by atoms with van der Waals surface area (Å²) in [5.41, 5.74) is 0.997. The van der Waals surface area contributed by atoms with Crippen molar-refractivity contribution in [3.8, 4) is 0 Å². The largest absolute Gasteiger partial charge is 0.480 e. The van der Waals surface area contributed by atoms with Crippen LogP contribution in [0.5, 0.6) is 0 Å². The summed E-state index contributed by atoms with van der Waals surface area (Å²) in [5, 5.41) is 9.73. The highest BCUT2D eigenvalue weighted by Crippen LogP contribution is 2.34. The van der Waals surface area contributed by atoms with Crippen LogP contribution < -0.4 is 4.90 Å². The molecule has 122 valence electrons. The Hall–Kier alpha value is -2.38. The van der Waals surface area contributed by atoms with Crippen LogP contribution in [0.4, 0.5) is 19.0 Å². The lowest BCUT2D eigenvalue weighted by Gasteiger charge is -2.24. The Morgan fingerprint density at radius 1 is 1.35 bits per heavy atom. The molecule has 1 saturated heterocycles. The number of aliphatic carboxylic acids is 1. The molecule has 1 aliphatic heterocycles. The number of aromatic nitrogens is 2. The second kappa shape index (κ2) is 5.36. The maximum absolute atomic E-state index is 13.1. The first-order chi connectivity index (χ1) is 10.8. The highest BCUT2D eigenvalue weighted by Gasteiger charge is 2.38. The second-order valence-electron chi connectivity index (χ2n) is 5.58. The van der Waals surface area contributed by atoms with Gasteiger partial charge < -0.3 is 10.0 Å². The van der Waals surface area contributed by atoms with Gasteiger partial charge in [-0.1, -0.05) is 11.6 Å². The van der Waals surface area contributed by atoms with Crippen molar-refractivity contribution in [2.45, 2.75) is 32.0 Å². The third-order valence-corrected chi connectivity index (χ3v) is 3.89. The number of hydrogen-bond donors (Lipinski definition) is 1. The average molecular weight is 325 g/mol. The Morgan fingerprint density at radius 3 is 2.74 bits per heavy atom. The number of carboxylic acid groups (broad SMARTS) is 1. The highest BCUT2D eigenvalue weighted by atomic mass is 19.4. The first-order valence-electron chi connectivity index (χ1n) is 7.12. The van der Waals surface area contributed by atoms with Crippen LogP contribution in [0.1, 0.15) is 24.2 Å². The van der Waals surface area contributed by atoms with Crippen LogP contribution in [0.25, 0.3) is 10.9 Å². The van der Waals surface area contributed by atoms with Crippen molar-refractivity contribution in [3.63, 3.8) is 0 Å². The number of halogens is 3. The number of hydrogen-bond acceptors (Lipinski definition) is 4. The van der Waals surface area contributed by atoms with Gasteiger partial charge in [-0.25, -0.2) is 14.8 Å². The summed E-state index contributed by atoms with van der Waals surface area (Å²) < 4.78 is 39.2. The molecule has 8 heteroatoms. The molecule has 0 saturated carbocycles. The van der Waals surface area contributed by atoms with E-state index in [-0.39, 0.29) is 11.3 Å². The van der Waals surface area contributed by atoms with Crippen molar-refractivity contribution < 1.29 is 23.1 Å². The summed E-state index contributed by atoms with van der Waals surface area (Å²) in [4.78, 5) is 20.0. The molecule has 1 N–H and O–H groups in total. The van der Waals surface area contributed by atoms with Crippen molar-refractivity contribution in [1.82, 2.24) is 9.97 Å². The smallest absolute Gasteiger partial charge is 0.451 e. The molecule has 1 aromatic carbocycles. The molecule has 3 rings (SSSR count). The molecule has 1 unspecified atom stereocenters. The maximum Gasteiger partial charge on any atom is 0.451 e. The van der Waals surface area contributed by atoms with Crippen molar-refractivity contribution in [2.24, 2.45) is 0 Å². The fraction of sp³-hybridized carbons (Fsp3) is 0.400. The van der Waals surface area contributed by atoms with E-state index in [2.05, 4.69) is 9.97 Å². The van der Waals surface area contributed by atoms with Crippen LogP contribution in [-0.2, 0) is 11.0 Å². The molecule has 0 bridgehead atoms. The number of benzene rings is 1. The Kier molecular flexibility index (Phi) is 3.62. The molecule has 1 fully saturated rings. The van der Waals surface area contributed by atoms with Gasteiger partial charge in [0, 0.05) is 11.9 Å². The molecular weight excluding hydrogens is 311 g/mol. The number of fused-ring (bicyclic) bond motifs is 1. The fourth-order valence-electron chi connectivity index (χ4n) is 2.85. The van der Waals surface area contributed by atoms with Crippen LogP contribution in [0.2, 0.25) is 0 Å². The van der Waals surface area contributed by atoms with Gasteiger partial charge in [-0.05, 0) is 31.9 Å². The van der Waals surface area contributed by atoms with E-state index in [4.69, 9.17) is 0 Å². The molecule has 0 spiro atoms. The number of anilines is 1. The predicted molar refractivity (Wildman–Crippen MR) is 77.3 cm³/mol. The van der Waals surface area contributed by atoms with Crippen LogP contribution in [-0.4, -0.2) is 33.6 Å². The Morgan fingerprint density at radius 2 is 2.09 bits per heavy atom. The van der Waals surface area contributed by atoms with Crippen molar-refractivity contribution in [3.05, 3.63) is 29.6 Å². The van der Waals surface area contributed by atoms with E-state index in [0.717, 1.165) is 5.56 Å². The molecule has 1 atom stereocenters. The number of aryl methyl sites for hydroxylation is 1. The van der Waals surface area contributed by atoms with E-state index in [1.165, 1.54) is 11.0 Å². The van der Waals surface area contributed by atoms with E-state index >= 15 is 0 Å². The zero-order valence-corrected chi connectivity index (χ0v) is 12.3. The number of rotatable bonds is 2. The lowest BCUT2D eigenvalue weighted by Crippen LogP contribution is -2.37. The quantitative estimate of drug-likeness (QED) is 0.919. The summed E-state index contributed by atoms with van der Waals surface area (Å²) in [6, 6.07) is 3.98. The first kappa shape index (κ1) is 15.5. The van der Waals surface area contributed by atoms with Crippen LogP contribution in [0.15, 0.2) is 18.2 Å². The molecule has 1 aliphatic rings. The van der Waals surface area contributed by atoms with Crippen LogP contribution in [0, 0.1) is 6.92 Å². The summed E-state index contributed by atoms with van der Waals surface area (Å²) in [5.74, 6) is -2.27. The molecular formula is C15H14F3N3O2. The van der Waals surface area contributed by atoms with E-state index in [9.17, 15) is 23.1 Å². The van der Waals surface area contributed by atoms with Crippen molar-refractivity contribution in [1.29, 1.82) is 0 Å². The lowest BCUT2D eigenvalue weighted by molar-refractivity contribution is -0.144.